The molecule has 0 heterocycles. The third-order valence-electron chi connectivity index (χ3n) is 4.12. The molecule has 7 heteroatoms. The van der Waals surface area contributed by atoms with Crippen molar-refractivity contribution in [1.82, 2.24) is 10.0 Å². The molecule has 0 bridgehead atoms. The fourth-order valence-corrected chi connectivity index (χ4v) is 3.65. The number of benzene rings is 2. The Morgan fingerprint density at radius 2 is 1.74 bits per heavy atom. The Labute approximate surface area is 161 Å². The van der Waals surface area contributed by atoms with Gasteiger partial charge in [0.15, 0.2) is 0 Å². The summed E-state index contributed by atoms with van der Waals surface area (Å²) < 4.78 is 32.1. The van der Waals surface area contributed by atoms with Crippen LogP contribution in [0.15, 0.2) is 53.4 Å². The van der Waals surface area contributed by atoms with Crippen LogP contribution in [-0.2, 0) is 16.4 Å². The van der Waals surface area contributed by atoms with Crippen LogP contribution < -0.4 is 14.8 Å². The number of carbonyl (C=O) groups is 1. The highest BCUT2D eigenvalue weighted by atomic mass is 32.2. The minimum Gasteiger partial charge on any atom is -0.496 e. The zero-order valence-electron chi connectivity index (χ0n) is 15.7. The maximum absolute atomic E-state index is 12.3. The predicted octanol–water partition coefficient (Wildman–Crippen LogP) is 2.75. The number of methoxy groups -OCH3 is 1. The van der Waals surface area contributed by atoms with Crippen LogP contribution in [-0.4, -0.2) is 34.5 Å². The van der Waals surface area contributed by atoms with Gasteiger partial charge in [0.1, 0.15) is 5.75 Å². The van der Waals surface area contributed by atoms with Gasteiger partial charge in [-0.1, -0.05) is 31.5 Å². The molecule has 0 radical (unpaired) electrons. The van der Waals surface area contributed by atoms with Crippen molar-refractivity contribution in [3.63, 3.8) is 0 Å². The van der Waals surface area contributed by atoms with Gasteiger partial charge >= 0.3 is 0 Å². The molecule has 0 saturated heterocycles. The van der Waals surface area contributed by atoms with Gasteiger partial charge in [0.05, 0.1) is 12.0 Å². The zero-order chi connectivity index (χ0) is 19.7. The molecule has 146 valence electrons. The summed E-state index contributed by atoms with van der Waals surface area (Å²) in [4.78, 5) is 12.4. The average molecular weight is 391 g/mol. The molecule has 0 spiro atoms. The van der Waals surface area contributed by atoms with E-state index in [0.29, 0.717) is 25.1 Å². The maximum atomic E-state index is 12.3. The lowest BCUT2D eigenvalue weighted by Gasteiger charge is -2.10. The fraction of sp³-hybridized carbons (Fsp3) is 0.350. The number of rotatable bonds is 10. The number of unbranched alkanes of at least 4 members (excludes halogenated alkanes) is 1. The highest BCUT2D eigenvalue weighted by Crippen LogP contribution is 2.17. The van der Waals surface area contributed by atoms with Crippen LogP contribution in [0, 0.1) is 0 Å². The Hall–Kier alpha value is -2.38. The van der Waals surface area contributed by atoms with Crippen molar-refractivity contribution in [3.8, 4) is 5.75 Å². The van der Waals surface area contributed by atoms with Crippen LogP contribution in [0.2, 0.25) is 0 Å². The molecule has 0 aromatic heterocycles. The quantitative estimate of drug-likeness (QED) is 0.611. The second-order valence-electron chi connectivity index (χ2n) is 6.09. The lowest BCUT2D eigenvalue weighted by Crippen LogP contribution is -2.26. The molecule has 0 aliphatic carbocycles. The van der Waals surface area contributed by atoms with E-state index in [0.717, 1.165) is 24.2 Å². The monoisotopic (exact) mass is 390 g/mol. The molecule has 0 saturated carbocycles. The van der Waals surface area contributed by atoms with Gasteiger partial charge < -0.3 is 10.1 Å². The molecular formula is C20H26N2O4S. The van der Waals surface area contributed by atoms with Gasteiger partial charge in [-0.2, -0.15) is 0 Å². The number of amides is 1. The first-order valence-corrected chi connectivity index (χ1v) is 10.5. The number of nitrogens with one attached hydrogen (secondary N) is 2. The summed E-state index contributed by atoms with van der Waals surface area (Å²) in [5, 5.41) is 2.84. The van der Waals surface area contributed by atoms with E-state index in [1.165, 1.54) is 24.3 Å². The van der Waals surface area contributed by atoms with Crippen molar-refractivity contribution in [2.24, 2.45) is 0 Å². The molecule has 0 unspecified atom stereocenters. The smallest absolute Gasteiger partial charge is 0.251 e. The summed E-state index contributed by atoms with van der Waals surface area (Å²) in [6.07, 6.45) is 2.34. The standard InChI is InChI=1S/C20H26N2O4S/c1-3-4-14-22-27(24,25)18-11-9-17(10-12-18)20(23)21-15-13-16-7-5-6-8-19(16)26-2/h5-12,22H,3-4,13-15H2,1-2H3,(H,21,23). The predicted molar refractivity (Wildman–Crippen MR) is 106 cm³/mol. The summed E-state index contributed by atoms with van der Waals surface area (Å²) in [5.41, 5.74) is 1.43. The first-order chi connectivity index (χ1) is 13.0. The topological polar surface area (TPSA) is 84.5 Å². The van der Waals surface area contributed by atoms with Crippen LogP contribution >= 0.6 is 0 Å². The Morgan fingerprint density at radius 3 is 2.41 bits per heavy atom. The summed E-state index contributed by atoms with van der Waals surface area (Å²) in [6, 6.07) is 13.6. The molecule has 2 N–H and O–H groups in total. The third-order valence-corrected chi connectivity index (χ3v) is 5.60. The number of ether oxygens (including phenoxy) is 1. The summed E-state index contributed by atoms with van der Waals surface area (Å²) in [7, 11) is -1.92. The van der Waals surface area contributed by atoms with E-state index in [1.54, 1.807) is 7.11 Å². The van der Waals surface area contributed by atoms with Crippen LogP contribution in [0.3, 0.4) is 0 Å². The SMILES string of the molecule is CCCCNS(=O)(=O)c1ccc(C(=O)NCCc2ccccc2OC)cc1. The number of carbonyl (C=O) groups excluding carboxylic acids is 1. The molecule has 2 aromatic carbocycles. The highest BCUT2D eigenvalue weighted by Gasteiger charge is 2.14. The molecule has 2 aromatic rings. The largest absolute Gasteiger partial charge is 0.496 e. The molecule has 0 aliphatic rings. The Kier molecular flexibility index (Phi) is 7.82. The zero-order valence-corrected chi connectivity index (χ0v) is 16.5. The van der Waals surface area contributed by atoms with E-state index < -0.39 is 10.0 Å². The van der Waals surface area contributed by atoms with E-state index in [2.05, 4.69) is 10.0 Å². The second-order valence-corrected chi connectivity index (χ2v) is 7.86. The van der Waals surface area contributed by atoms with E-state index in [4.69, 9.17) is 4.74 Å². The molecular weight excluding hydrogens is 364 g/mol. The van der Waals surface area contributed by atoms with Gasteiger partial charge in [0.25, 0.3) is 5.91 Å². The van der Waals surface area contributed by atoms with Crippen LogP contribution in [0.1, 0.15) is 35.7 Å². The summed E-state index contributed by atoms with van der Waals surface area (Å²) in [5.74, 6) is 0.546. The lowest BCUT2D eigenvalue weighted by molar-refractivity contribution is 0.0954. The maximum Gasteiger partial charge on any atom is 0.251 e. The van der Waals surface area contributed by atoms with E-state index in [-0.39, 0.29) is 10.8 Å². The molecule has 0 fully saturated rings. The van der Waals surface area contributed by atoms with E-state index in [9.17, 15) is 13.2 Å². The first kappa shape index (κ1) is 20.9. The van der Waals surface area contributed by atoms with Crippen molar-refractivity contribution in [2.75, 3.05) is 20.2 Å². The molecule has 0 aliphatic heterocycles. The number of para-hydroxylation sites is 1. The van der Waals surface area contributed by atoms with Gasteiger partial charge in [-0.3, -0.25) is 4.79 Å². The third kappa shape index (κ3) is 6.08. The van der Waals surface area contributed by atoms with Crippen molar-refractivity contribution < 1.29 is 17.9 Å². The summed E-state index contributed by atoms with van der Waals surface area (Å²) >= 11 is 0. The Bertz CT molecular complexity index is 849. The van der Waals surface area contributed by atoms with Gasteiger partial charge in [-0.05, 0) is 48.7 Å². The molecule has 1 amide bonds. The molecule has 0 atom stereocenters. The van der Waals surface area contributed by atoms with Crippen molar-refractivity contribution in [3.05, 3.63) is 59.7 Å². The Balaban J connectivity index is 1.91. The number of hydrogen-bond acceptors (Lipinski definition) is 4. The molecule has 6 nitrogen and oxygen atoms in total. The average Bonchev–Trinajstić information content (AvgIpc) is 2.68. The van der Waals surface area contributed by atoms with Crippen LogP contribution in [0.4, 0.5) is 0 Å². The minimum atomic E-state index is -3.53. The lowest BCUT2D eigenvalue weighted by atomic mass is 10.1. The van der Waals surface area contributed by atoms with Crippen LogP contribution in [0.25, 0.3) is 0 Å². The Morgan fingerprint density at radius 1 is 1.04 bits per heavy atom. The molecule has 27 heavy (non-hydrogen) atoms. The van der Waals surface area contributed by atoms with Gasteiger partial charge in [-0.25, -0.2) is 13.1 Å². The van der Waals surface area contributed by atoms with Crippen molar-refractivity contribution in [2.45, 2.75) is 31.1 Å². The van der Waals surface area contributed by atoms with E-state index >= 15 is 0 Å². The van der Waals surface area contributed by atoms with Gasteiger partial charge in [0, 0.05) is 18.7 Å². The first-order valence-electron chi connectivity index (χ1n) is 8.97. The summed E-state index contributed by atoms with van der Waals surface area (Å²) in [6.45, 7) is 2.86. The fourth-order valence-electron chi connectivity index (χ4n) is 2.57. The minimum absolute atomic E-state index is 0.157. The van der Waals surface area contributed by atoms with Gasteiger partial charge in [-0.15, -0.1) is 0 Å². The van der Waals surface area contributed by atoms with E-state index in [1.807, 2.05) is 31.2 Å². The van der Waals surface area contributed by atoms with Crippen molar-refractivity contribution in [1.29, 1.82) is 0 Å². The van der Waals surface area contributed by atoms with Gasteiger partial charge in [0.2, 0.25) is 10.0 Å². The number of sulfonamides is 1. The highest BCUT2D eigenvalue weighted by molar-refractivity contribution is 7.89. The number of hydrogen-bond donors (Lipinski definition) is 2. The van der Waals surface area contributed by atoms with Crippen LogP contribution in [0.5, 0.6) is 5.75 Å². The molecule has 2 rings (SSSR count). The second kappa shape index (κ2) is 10.1. The van der Waals surface area contributed by atoms with Crippen molar-refractivity contribution >= 4 is 15.9 Å². The normalized spacial score (nSPS) is 11.2.